The van der Waals surface area contributed by atoms with Crippen molar-refractivity contribution in [1.29, 1.82) is 0 Å². The average Bonchev–Trinajstić information content (AvgIpc) is 2.31. The summed E-state index contributed by atoms with van der Waals surface area (Å²) in [6.45, 7) is 4.46. The van der Waals surface area contributed by atoms with Gasteiger partial charge in [0.2, 0.25) is 0 Å². The molecule has 1 unspecified atom stereocenters. The van der Waals surface area contributed by atoms with E-state index in [1.54, 1.807) is 0 Å². The van der Waals surface area contributed by atoms with Crippen molar-refractivity contribution < 1.29 is 13.9 Å². The van der Waals surface area contributed by atoms with Crippen molar-refractivity contribution in [3.05, 3.63) is 28.0 Å². The zero-order chi connectivity index (χ0) is 13.7. The number of ether oxygens (including phenoxy) is 1. The number of halogens is 2. The SMILES string of the molecule is CCCC(C)COC(=O)c1cc(N)c(F)cc1Br. The summed E-state index contributed by atoms with van der Waals surface area (Å²) in [5.41, 5.74) is 5.61. The molecule has 1 atom stereocenters. The topological polar surface area (TPSA) is 52.3 Å². The Kier molecular flexibility index (Phi) is 5.59. The van der Waals surface area contributed by atoms with E-state index in [9.17, 15) is 9.18 Å². The van der Waals surface area contributed by atoms with Crippen LogP contribution in [0.4, 0.5) is 10.1 Å². The van der Waals surface area contributed by atoms with E-state index in [4.69, 9.17) is 10.5 Å². The number of hydrogen-bond donors (Lipinski definition) is 1. The van der Waals surface area contributed by atoms with Gasteiger partial charge in [-0.3, -0.25) is 0 Å². The molecule has 1 aromatic rings. The van der Waals surface area contributed by atoms with E-state index in [0.717, 1.165) is 12.8 Å². The number of rotatable bonds is 5. The average molecular weight is 318 g/mol. The minimum atomic E-state index is -0.558. The molecule has 0 aromatic heterocycles. The third kappa shape index (κ3) is 3.98. The molecule has 3 nitrogen and oxygen atoms in total. The lowest BCUT2D eigenvalue weighted by molar-refractivity contribution is 0.0442. The zero-order valence-electron chi connectivity index (χ0n) is 10.5. The zero-order valence-corrected chi connectivity index (χ0v) is 12.1. The van der Waals surface area contributed by atoms with Gasteiger partial charge in [0.15, 0.2) is 0 Å². The van der Waals surface area contributed by atoms with Crippen LogP contribution in [0.3, 0.4) is 0 Å². The van der Waals surface area contributed by atoms with E-state index in [1.807, 2.05) is 6.92 Å². The molecule has 0 aliphatic carbocycles. The Morgan fingerprint density at radius 2 is 2.22 bits per heavy atom. The van der Waals surface area contributed by atoms with Gasteiger partial charge in [0, 0.05) is 4.47 Å². The number of hydrogen-bond acceptors (Lipinski definition) is 3. The first-order valence-corrected chi connectivity index (χ1v) is 6.66. The molecule has 1 rings (SSSR count). The Bertz CT molecular complexity index is 437. The number of carbonyl (C=O) groups excluding carboxylic acids is 1. The fraction of sp³-hybridized carbons (Fsp3) is 0.462. The van der Waals surface area contributed by atoms with Crippen LogP contribution in [0.2, 0.25) is 0 Å². The van der Waals surface area contributed by atoms with Crippen molar-refractivity contribution in [3.8, 4) is 0 Å². The summed E-state index contributed by atoms with van der Waals surface area (Å²) in [6, 6.07) is 2.45. The molecule has 0 aliphatic heterocycles. The Morgan fingerprint density at radius 3 is 2.83 bits per heavy atom. The van der Waals surface area contributed by atoms with E-state index in [1.165, 1.54) is 12.1 Å². The van der Waals surface area contributed by atoms with Crippen LogP contribution in [-0.4, -0.2) is 12.6 Å². The first-order valence-electron chi connectivity index (χ1n) is 5.87. The molecule has 5 heteroatoms. The summed E-state index contributed by atoms with van der Waals surface area (Å²) >= 11 is 3.12. The van der Waals surface area contributed by atoms with Gasteiger partial charge in [0.1, 0.15) is 5.82 Å². The molecular weight excluding hydrogens is 301 g/mol. The Balaban J connectivity index is 2.70. The molecule has 2 N–H and O–H groups in total. The first kappa shape index (κ1) is 15.0. The molecule has 18 heavy (non-hydrogen) atoms. The van der Waals surface area contributed by atoms with Crippen LogP contribution in [0.1, 0.15) is 37.0 Å². The highest BCUT2D eigenvalue weighted by Crippen LogP contribution is 2.23. The second-order valence-corrected chi connectivity index (χ2v) is 5.20. The first-order chi connectivity index (χ1) is 8.45. The van der Waals surface area contributed by atoms with Crippen molar-refractivity contribution in [2.45, 2.75) is 26.7 Å². The molecule has 0 aliphatic rings. The van der Waals surface area contributed by atoms with Crippen LogP contribution in [0.15, 0.2) is 16.6 Å². The number of esters is 1. The highest BCUT2D eigenvalue weighted by molar-refractivity contribution is 9.10. The van der Waals surface area contributed by atoms with Gasteiger partial charge in [-0.05, 0) is 40.4 Å². The molecule has 0 heterocycles. The quantitative estimate of drug-likeness (QED) is 0.664. The third-order valence-electron chi connectivity index (χ3n) is 2.59. The second-order valence-electron chi connectivity index (χ2n) is 4.35. The number of carbonyl (C=O) groups is 1. The molecule has 0 spiro atoms. The summed E-state index contributed by atoms with van der Waals surface area (Å²) in [7, 11) is 0. The number of nitrogen functional groups attached to an aromatic ring is 1. The van der Waals surface area contributed by atoms with Crippen molar-refractivity contribution in [1.82, 2.24) is 0 Å². The molecule has 1 aromatic carbocycles. The van der Waals surface area contributed by atoms with Gasteiger partial charge < -0.3 is 10.5 Å². The van der Waals surface area contributed by atoms with E-state index in [0.29, 0.717) is 17.0 Å². The maximum Gasteiger partial charge on any atom is 0.339 e. The van der Waals surface area contributed by atoms with Gasteiger partial charge >= 0.3 is 5.97 Å². The normalized spacial score (nSPS) is 12.2. The molecule has 0 fully saturated rings. The minimum absolute atomic E-state index is 0.0632. The monoisotopic (exact) mass is 317 g/mol. The summed E-state index contributed by atoms with van der Waals surface area (Å²) < 4.78 is 18.7. The van der Waals surface area contributed by atoms with E-state index >= 15 is 0 Å². The molecule has 0 saturated carbocycles. The molecule has 100 valence electrons. The predicted molar refractivity (Wildman–Crippen MR) is 72.9 cm³/mol. The number of benzene rings is 1. The van der Waals surface area contributed by atoms with Gasteiger partial charge in [-0.15, -0.1) is 0 Å². The van der Waals surface area contributed by atoms with Crippen LogP contribution in [0.25, 0.3) is 0 Å². The van der Waals surface area contributed by atoms with Crippen molar-refractivity contribution in [2.24, 2.45) is 5.92 Å². The third-order valence-corrected chi connectivity index (χ3v) is 3.24. The smallest absolute Gasteiger partial charge is 0.339 e. The fourth-order valence-electron chi connectivity index (χ4n) is 1.59. The predicted octanol–water partition coefficient (Wildman–Crippen LogP) is 3.76. The van der Waals surface area contributed by atoms with Crippen LogP contribution in [-0.2, 0) is 4.74 Å². The Morgan fingerprint density at radius 1 is 1.56 bits per heavy atom. The standard InChI is InChI=1S/C13H17BrFNO2/c1-3-4-8(2)7-18-13(17)9-5-12(16)11(15)6-10(9)14/h5-6,8H,3-4,7,16H2,1-2H3. The van der Waals surface area contributed by atoms with Gasteiger partial charge in [-0.25, -0.2) is 9.18 Å². The van der Waals surface area contributed by atoms with Gasteiger partial charge in [0.25, 0.3) is 0 Å². The summed E-state index contributed by atoms with van der Waals surface area (Å²) in [6.07, 6.45) is 2.05. The summed E-state index contributed by atoms with van der Waals surface area (Å²) in [5.74, 6) is -0.732. The van der Waals surface area contributed by atoms with E-state index < -0.39 is 11.8 Å². The molecule has 0 bridgehead atoms. The lowest BCUT2D eigenvalue weighted by atomic mass is 10.1. The van der Waals surface area contributed by atoms with Crippen molar-refractivity contribution in [2.75, 3.05) is 12.3 Å². The molecule has 0 saturated heterocycles. The van der Waals surface area contributed by atoms with Crippen molar-refractivity contribution in [3.63, 3.8) is 0 Å². The van der Waals surface area contributed by atoms with Gasteiger partial charge in [-0.2, -0.15) is 0 Å². The van der Waals surface area contributed by atoms with Crippen LogP contribution in [0, 0.1) is 11.7 Å². The molecule has 0 radical (unpaired) electrons. The lowest BCUT2D eigenvalue weighted by Crippen LogP contribution is -2.13. The van der Waals surface area contributed by atoms with E-state index in [-0.39, 0.29) is 11.3 Å². The van der Waals surface area contributed by atoms with Crippen LogP contribution in [0.5, 0.6) is 0 Å². The number of anilines is 1. The Labute approximate surface area is 115 Å². The largest absolute Gasteiger partial charge is 0.462 e. The maximum absolute atomic E-state index is 13.1. The van der Waals surface area contributed by atoms with E-state index in [2.05, 4.69) is 22.9 Å². The summed E-state index contributed by atoms with van der Waals surface area (Å²) in [5, 5.41) is 0. The maximum atomic E-state index is 13.1. The lowest BCUT2D eigenvalue weighted by Gasteiger charge is -2.12. The number of nitrogens with two attached hydrogens (primary N) is 1. The van der Waals surface area contributed by atoms with Crippen LogP contribution >= 0.6 is 15.9 Å². The van der Waals surface area contributed by atoms with Gasteiger partial charge in [0.05, 0.1) is 17.9 Å². The molecular formula is C13H17BrFNO2. The second kappa shape index (κ2) is 6.73. The fourth-order valence-corrected chi connectivity index (χ4v) is 2.07. The summed E-state index contributed by atoms with van der Waals surface area (Å²) in [4.78, 5) is 11.8. The van der Waals surface area contributed by atoms with Gasteiger partial charge in [-0.1, -0.05) is 20.3 Å². The Hall–Kier alpha value is -1.10. The highest BCUT2D eigenvalue weighted by atomic mass is 79.9. The highest BCUT2D eigenvalue weighted by Gasteiger charge is 2.15. The molecule has 0 amide bonds. The van der Waals surface area contributed by atoms with Crippen molar-refractivity contribution >= 4 is 27.6 Å². The minimum Gasteiger partial charge on any atom is -0.462 e. The van der Waals surface area contributed by atoms with Crippen LogP contribution < -0.4 is 5.73 Å².